The van der Waals surface area contributed by atoms with E-state index < -0.39 is 41.4 Å². The molecule has 13 nitrogen and oxygen atoms in total. The Morgan fingerprint density at radius 2 is 1.14 bits per heavy atom. The molecule has 0 unspecified atom stereocenters. The van der Waals surface area contributed by atoms with Crippen molar-refractivity contribution in [3.63, 3.8) is 0 Å². The molecule has 69 heavy (non-hydrogen) atoms. The zero-order valence-electron chi connectivity index (χ0n) is 37.5. The summed E-state index contributed by atoms with van der Waals surface area (Å²) in [5.41, 5.74) is 13.2. The number of hydrogen-bond acceptors (Lipinski definition) is 13. The Labute approximate surface area is 415 Å². The number of nitrogens with one attached hydrogen (secondary N) is 1. The molecular weight excluding hydrogens is 920 g/mol. The Morgan fingerprint density at radius 3 is 1.57 bits per heavy atom. The second-order valence-electron chi connectivity index (χ2n) is 14.2. The third kappa shape index (κ3) is 18.5. The van der Waals surface area contributed by atoms with Gasteiger partial charge < -0.3 is 23.8 Å². The maximum atomic E-state index is 13.0. The zero-order valence-corrected chi connectivity index (χ0v) is 39.5. The average Bonchev–Trinajstić information content (AvgIpc) is 3.98. The standard InChI is InChI=1S/C21H16F3N3.C15H11F3N2.C6H5NO.C4H6O4.C2H3BO2.Na/c22-21(23,24)17-7-1-5-15(10-17)19-11-16-6-2-8-18(20(16)27-19)26-13-14-4-3-9-25-12-14;16-15(17,18)11-5-1-3-9(7-11)13-8-10-4-2-6-12(19)14(10)20-13;8-5-6-2-1-3-7-4-6;1-3(5)7-8-4(2)6;1-2(4)5-3;/h1-10,12,26H,11,13H2;1-7H,8,19H2;1-5H;1-2H3;1H3;/q;;;;-1;+1. The number of aromatic nitrogens is 2. The number of carbonyl (C=O) groups is 4. The number of halogens is 6. The van der Waals surface area contributed by atoms with Crippen LogP contribution in [-0.2, 0) is 60.6 Å². The van der Waals surface area contributed by atoms with E-state index in [1.165, 1.54) is 25.3 Å². The number of nitrogen functional groups attached to an aromatic ring is 1. The molecule has 2 aliphatic heterocycles. The van der Waals surface area contributed by atoms with E-state index in [9.17, 15) is 45.5 Å². The molecule has 0 bridgehead atoms. The van der Waals surface area contributed by atoms with Crippen molar-refractivity contribution in [1.82, 2.24) is 9.97 Å². The molecule has 2 aliphatic rings. The summed E-state index contributed by atoms with van der Waals surface area (Å²) in [5.74, 6) is -1.74. The SMILES string of the molecule is CC(=O)OOC(C)=O.FC(F)(F)c1cccc(C2=Nc3c(cccc3NCc3cccnc3)C2)c1.Nc1cccc2c1N=C(c1cccc(C(F)(F)F)c1)C2.O=Cc1cccnc1.[B-]OC(C)=O.[Na+]. The van der Waals surface area contributed by atoms with Gasteiger partial charge in [0.05, 0.1) is 45.3 Å². The van der Waals surface area contributed by atoms with Crippen molar-refractivity contribution in [2.45, 2.75) is 52.5 Å². The number of hydrogen-bond donors (Lipinski definition) is 2. The topological polar surface area (TPSA) is 185 Å². The summed E-state index contributed by atoms with van der Waals surface area (Å²) in [4.78, 5) is 63.6. The van der Waals surface area contributed by atoms with E-state index in [4.69, 9.17) is 5.73 Å². The van der Waals surface area contributed by atoms with Gasteiger partial charge in [-0.3, -0.25) is 29.5 Å². The molecule has 0 aliphatic carbocycles. The first-order chi connectivity index (χ1) is 32.3. The second-order valence-corrected chi connectivity index (χ2v) is 14.2. The number of aliphatic imine (C=N–C) groups is 2. The number of aldehydes is 1. The molecule has 0 atom stereocenters. The van der Waals surface area contributed by atoms with Gasteiger partial charge in [-0.1, -0.05) is 54.6 Å². The Kier molecular flexibility index (Phi) is 22.0. The van der Waals surface area contributed by atoms with Gasteiger partial charge in [-0.25, -0.2) is 19.4 Å². The normalized spacial score (nSPS) is 11.6. The summed E-state index contributed by atoms with van der Waals surface area (Å²) in [5, 5.41) is 3.34. The van der Waals surface area contributed by atoms with Crippen LogP contribution < -0.4 is 40.6 Å². The first kappa shape index (κ1) is 56.2. The predicted octanol–water partition coefficient (Wildman–Crippen LogP) is 6.91. The molecule has 0 amide bonds. The molecule has 4 aromatic carbocycles. The van der Waals surface area contributed by atoms with E-state index in [0.717, 1.165) is 72.5 Å². The third-order valence-corrected chi connectivity index (χ3v) is 8.99. The van der Waals surface area contributed by atoms with Gasteiger partial charge in [0.2, 0.25) is 5.97 Å². The molecule has 0 saturated carbocycles. The molecule has 8 rings (SSSR count). The van der Waals surface area contributed by atoms with Crippen molar-refractivity contribution in [3.8, 4) is 0 Å². The van der Waals surface area contributed by atoms with Crippen LogP contribution in [0, 0.1) is 0 Å². The van der Waals surface area contributed by atoms with E-state index in [1.807, 2.05) is 42.5 Å². The van der Waals surface area contributed by atoms with Crippen LogP contribution in [0.1, 0.15) is 70.1 Å². The molecule has 351 valence electrons. The number of alkyl halides is 6. The maximum Gasteiger partial charge on any atom is 1.00 e. The monoisotopic (exact) mass is 961 g/mol. The summed E-state index contributed by atoms with van der Waals surface area (Å²) in [7, 11) is 4.32. The Morgan fingerprint density at radius 1 is 0.667 bits per heavy atom. The fourth-order valence-corrected chi connectivity index (χ4v) is 5.95. The Bertz CT molecular complexity index is 2730. The first-order valence-corrected chi connectivity index (χ1v) is 20.0. The van der Waals surface area contributed by atoms with Crippen molar-refractivity contribution < 1.29 is 89.5 Å². The minimum atomic E-state index is -4.36. The minimum absolute atomic E-state index is 0. The van der Waals surface area contributed by atoms with Crippen LogP contribution in [0.2, 0.25) is 0 Å². The van der Waals surface area contributed by atoms with Gasteiger partial charge >= 0.3 is 53.8 Å². The molecule has 21 heteroatoms. The summed E-state index contributed by atoms with van der Waals surface area (Å²) >= 11 is 0. The van der Waals surface area contributed by atoms with Gasteiger partial charge in [0.1, 0.15) is 0 Å². The van der Waals surface area contributed by atoms with Gasteiger partial charge in [-0.15, -0.1) is 0 Å². The number of para-hydroxylation sites is 2. The van der Waals surface area contributed by atoms with Crippen molar-refractivity contribution in [3.05, 3.63) is 178 Å². The Balaban J connectivity index is 0.000000261. The van der Waals surface area contributed by atoms with E-state index in [1.54, 1.807) is 48.9 Å². The van der Waals surface area contributed by atoms with E-state index in [0.29, 0.717) is 58.9 Å². The molecule has 3 N–H and O–H groups in total. The van der Waals surface area contributed by atoms with Gasteiger partial charge in [-0.05, 0) is 82.4 Å². The van der Waals surface area contributed by atoms with Crippen molar-refractivity contribution in [2.24, 2.45) is 9.98 Å². The number of carbonyl (C=O) groups excluding carboxylic acids is 4. The summed E-state index contributed by atoms with van der Waals surface area (Å²) in [6.07, 6.45) is -0.268. The number of pyridine rings is 2. The maximum absolute atomic E-state index is 13.0. The van der Waals surface area contributed by atoms with Gasteiger partial charge in [0, 0.05) is 70.5 Å². The molecule has 2 aromatic heterocycles. The van der Waals surface area contributed by atoms with E-state index in [2.05, 4.69) is 47.7 Å². The summed E-state index contributed by atoms with van der Waals surface area (Å²) in [6.45, 7) is 4.12. The Hall–Kier alpha value is -7.16. The molecule has 4 heterocycles. The van der Waals surface area contributed by atoms with Gasteiger partial charge in [-0.2, -0.15) is 26.3 Å². The van der Waals surface area contributed by atoms with Crippen LogP contribution in [0.25, 0.3) is 0 Å². The zero-order chi connectivity index (χ0) is 49.9. The predicted molar refractivity (Wildman–Crippen MR) is 242 cm³/mol. The number of nitrogens with zero attached hydrogens (tertiary/aromatic N) is 4. The molecule has 0 fully saturated rings. The van der Waals surface area contributed by atoms with Crippen molar-refractivity contribution in [1.29, 1.82) is 0 Å². The molecule has 0 saturated heterocycles. The fourth-order valence-electron chi connectivity index (χ4n) is 5.95. The number of rotatable bonds is 6. The van der Waals surface area contributed by atoms with Crippen LogP contribution in [0.5, 0.6) is 0 Å². The quantitative estimate of drug-likeness (QED) is 0.0442. The molecule has 0 spiro atoms. The van der Waals surface area contributed by atoms with E-state index >= 15 is 0 Å². The van der Waals surface area contributed by atoms with Crippen LogP contribution in [0.4, 0.5) is 49.1 Å². The van der Waals surface area contributed by atoms with Crippen LogP contribution in [0.3, 0.4) is 0 Å². The fraction of sp³-hybridized carbons (Fsp3) is 0.167. The van der Waals surface area contributed by atoms with Crippen LogP contribution in [-0.4, -0.2) is 53.6 Å². The summed E-state index contributed by atoms with van der Waals surface area (Å²) < 4.78 is 80.7. The average molecular weight is 962 g/mol. The summed E-state index contributed by atoms with van der Waals surface area (Å²) in [6, 6.07) is 29.1. The number of anilines is 2. The van der Waals surface area contributed by atoms with Gasteiger partial charge in [0.15, 0.2) is 6.29 Å². The van der Waals surface area contributed by atoms with Crippen LogP contribution >= 0.6 is 0 Å². The van der Waals surface area contributed by atoms with Crippen molar-refractivity contribution >= 4 is 66.4 Å². The number of nitrogens with two attached hydrogens (primary N) is 1. The van der Waals surface area contributed by atoms with E-state index in [-0.39, 0.29) is 29.6 Å². The second kappa shape index (κ2) is 27.0. The third-order valence-electron chi connectivity index (χ3n) is 8.99. The number of benzene rings is 4. The molecular formula is C48H41BF6N6NaO7. The van der Waals surface area contributed by atoms with Gasteiger partial charge in [0.25, 0.3) is 0 Å². The van der Waals surface area contributed by atoms with Crippen LogP contribution in [0.15, 0.2) is 144 Å². The van der Waals surface area contributed by atoms with Crippen molar-refractivity contribution in [2.75, 3.05) is 11.1 Å². The largest absolute Gasteiger partial charge is 1.00 e. The minimum Gasteiger partial charge on any atom is -0.793 e. The number of fused-ring (bicyclic) bond motifs is 2. The first-order valence-electron chi connectivity index (χ1n) is 20.0. The molecule has 6 aromatic rings. The smallest absolute Gasteiger partial charge is 0.793 e. The molecule has 3 radical (unpaired) electrons.